The Balaban J connectivity index is -0.000000429. The summed E-state index contributed by atoms with van der Waals surface area (Å²) in [4.78, 5) is 16.0. The minimum absolute atomic E-state index is 0. The zero-order valence-electron chi connectivity index (χ0n) is 56.1. The second-order valence-corrected chi connectivity index (χ2v) is 30.1. The first kappa shape index (κ1) is 88.5. The Morgan fingerprint density at radius 2 is 0.228 bits per heavy atom. The van der Waals surface area contributed by atoms with Crippen molar-refractivity contribution in [1.82, 2.24) is 0 Å². The number of carbonyl (C=O) groups is 2. The van der Waals surface area contributed by atoms with E-state index < -0.39 is 0 Å². The second kappa shape index (κ2) is 89.9. The molecule has 0 spiro atoms. The molecule has 0 aliphatic heterocycles. The van der Waals surface area contributed by atoms with Gasteiger partial charge in [-0.15, -0.1) is 15.8 Å². The molecule has 0 saturated carbocycles. The Morgan fingerprint density at radius 1 is 0.152 bits per heavy atom. The van der Waals surface area contributed by atoms with E-state index in [0.29, 0.717) is 15.8 Å². The summed E-state index contributed by atoms with van der Waals surface area (Å²) >= 11 is 0. The first-order valence-corrected chi connectivity index (χ1v) is 40.5. The zero-order valence-corrected chi connectivity index (χ0v) is 58.9. The maximum Gasteiger partial charge on any atom is 0.106 e. The number of carbonyl (C=O) groups excluding carboxylic acids is 2. The van der Waals surface area contributed by atoms with Crippen LogP contribution in [0.15, 0.2) is 0 Å². The summed E-state index contributed by atoms with van der Waals surface area (Å²) < 4.78 is 0. The summed E-state index contributed by atoms with van der Waals surface area (Å²) in [5.74, 6) is 0. The molecule has 0 aromatic heterocycles. The zero-order chi connectivity index (χ0) is 57.8. The van der Waals surface area contributed by atoms with Crippen LogP contribution in [0.5, 0.6) is 0 Å². The molecule has 0 atom stereocenters. The Labute approximate surface area is 516 Å². The van der Waals surface area contributed by atoms with E-state index in [-0.39, 0.29) is 16.5 Å². The summed E-state index contributed by atoms with van der Waals surface area (Å²) in [7, 11) is 0.671. The minimum Gasteiger partial charge on any atom is -0.307 e. The molecule has 0 rings (SSSR count). The van der Waals surface area contributed by atoms with E-state index in [1.165, 1.54) is 385 Å². The van der Waals surface area contributed by atoms with Crippen molar-refractivity contribution in [3.05, 3.63) is 0 Å². The monoisotopic (exact) mass is 1200 g/mol. The molecule has 0 bridgehead atoms. The van der Waals surface area contributed by atoms with Gasteiger partial charge in [0.1, 0.15) is 13.6 Å². The fourth-order valence-corrected chi connectivity index (χ4v) is 17.0. The SMILES string of the molecule is C=O.C=O.CCCCCCCCCCCCP(CCCCCCCCCCCC)CCCCCCCCCCCC.CCCCCCCCCCCCP(CCCCCCCCCCCC)CCCCCCCCCCCC.[Ni]. The van der Waals surface area contributed by atoms with E-state index in [4.69, 9.17) is 9.59 Å². The van der Waals surface area contributed by atoms with Crippen LogP contribution in [0, 0.1) is 0 Å². The van der Waals surface area contributed by atoms with Crippen molar-refractivity contribution in [2.45, 2.75) is 427 Å². The molecule has 0 radical (unpaired) electrons. The van der Waals surface area contributed by atoms with E-state index in [0.717, 1.165) is 0 Å². The average Bonchev–Trinajstić information content (AvgIpc) is 3.46. The van der Waals surface area contributed by atoms with E-state index in [9.17, 15) is 0 Å². The normalized spacial score (nSPS) is 11.0. The predicted molar refractivity (Wildman–Crippen MR) is 368 cm³/mol. The summed E-state index contributed by atoms with van der Waals surface area (Å²) in [6.45, 7) is 17.9. The number of rotatable bonds is 66. The molecule has 0 fully saturated rings. The maximum absolute atomic E-state index is 8.00. The third kappa shape index (κ3) is 87.6. The van der Waals surface area contributed by atoms with E-state index in [1.807, 2.05) is 13.6 Å². The van der Waals surface area contributed by atoms with Gasteiger partial charge in [0.2, 0.25) is 0 Å². The molecule has 0 amide bonds. The molecule has 5 heteroatoms. The van der Waals surface area contributed by atoms with Gasteiger partial charge >= 0.3 is 0 Å². The van der Waals surface area contributed by atoms with Crippen LogP contribution in [0.3, 0.4) is 0 Å². The fourth-order valence-electron chi connectivity index (χ4n) is 11.6. The minimum atomic E-state index is 0. The molecule has 0 heterocycles. The summed E-state index contributed by atoms with van der Waals surface area (Å²) in [5, 5.41) is 0. The summed E-state index contributed by atoms with van der Waals surface area (Å²) in [6, 6.07) is 0. The topological polar surface area (TPSA) is 34.1 Å². The molecule has 0 aromatic rings. The van der Waals surface area contributed by atoms with Gasteiger partial charge in [-0.1, -0.05) is 388 Å². The van der Waals surface area contributed by atoms with E-state index >= 15 is 0 Å². The van der Waals surface area contributed by atoms with Crippen molar-refractivity contribution in [3.8, 4) is 0 Å². The number of hydrogen-bond acceptors (Lipinski definition) is 2. The Bertz CT molecular complexity index is 765. The van der Waals surface area contributed by atoms with Gasteiger partial charge in [-0.05, 0) is 75.5 Å². The first-order chi connectivity index (χ1) is 38.7. The van der Waals surface area contributed by atoms with Crippen LogP contribution in [-0.4, -0.2) is 50.5 Å². The van der Waals surface area contributed by atoms with Gasteiger partial charge in [0.15, 0.2) is 0 Å². The Morgan fingerprint density at radius 3 is 0.316 bits per heavy atom. The van der Waals surface area contributed by atoms with E-state index in [1.54, 1.807) is 37.0 Å². The number of hydrogen-bond donors (Lipinski definition) is 0. The van der Waals surface area contributed by atoms with Crippen molar-refractivity contribution in [1.29, 1.82) is 0 Å². The fraction of sp³-hybridized carbons (Fsp3) is 0.973. The predicted octanol–water partition coefficient (Wildman–Crippen LogP) is 28.1. The second-order valence-electron chi connectivity index (χ2n) is 24.8. The third-order valence-electron chi connectivity index (χ3n) is 17.0. The van der Waals surface area contributed by atoms with Gasteiger partial charge in [0.25, 0.3) is 0 Å². The van der Waals surface area contributed by atoms with Gasteiger partial charge < -0.3 is 9.59 Å². The Kier molecular flexibility index (Phi) is 101. The van der Waals surface area contributed by atoms with Crippen LogP contribution in [0.4, 0.5) is 0 Å². The quantitative estimate of drug-likeness (QED) is 0.0346. The smallest absolute Gasteiger partial charge is 0.106 e. The van der Waals surface area contributed by atoms with Crippen molar-refractivity contribution < 1.29 is 26.1 Å². The molecule has 0 unspecified atom stereocenters. The molecule has 0 aliphatic rings. The molecule has 0 N–H and O–H groups in total. The largest absolute Gasteiger partial charge is 0.307 e. The van der Waals surface area contributed by atoms with E-state index in [2.05, 4.69) is 41.5 Å². The van der Waals surface area contributed by atoms with Gasteiger partial charge in [-0.3, -0.25) is 0 Å². The standard InChI is InChI=1S/2C36H75P.2CH2O.Ni/c2*1-4-7-10-13-16-19-22-25-28-31-34-37(35-32-29-26-23-20-17-14-11-8-5-2)36-33-30-27-24-21-18-15-12-9-6-3;2*1-2;/h2*4-36H2,1-3H3;2*1H2;. The third-order valence-corrected chi connectivity index (χ3v) is 22.7. The van der Waals surface area contributed by atoms with Crippen LogP contribution in [-0.2, 0) is 26.1 Å². The van der Waals surface area contributed by atoms with Crippen LogP contribution >= 0.6 is 15.8 Å². The van der Waals surface area contributed by atoms with Gasteiger partial charge in [0, 0.05) is 16.5 Å². The van der Waals surface area contributed by atoms with Gasteiger partial charge in [-0.25, -0.2) is 0 Å². The molecular formula is C74H154NiO2P2. The molecule has 0 aromatic carbocycles. The molecule has 482 valence electrons. The van der Waals surface area contributed by atoms with Crippen LogP contribution < -0.4 is 0 Å². The van der Waals surface area contributed by atoms with Crippen molar-refractivity contribution in [2.24, 2.45) is 0 Å². The molecule has 2 nitrogen and oxygen atoms in total. The number of unbranched alkanes of at least 4 members (excludes halogenated alkanes) is 54. The molecule has 79 heavy (non-hydrogen) atoms. The van der Waals surface area contributed by atoms with Gasteiger partial charge in [0.05, 0.1) is 0 Å². The van der Waals surface area contributed by atoms with Crippen molar-refractivity contribution in [2.75, 3.05) is 37.0 Å². The molecule has 0 saturated heterocycles. The Hall–Kier alpha value is 0.694. The van der Waals surface area contributed by atoms with Crippen LogP contribution in [0.25, 0.3) is 0 Å². The van der Waals surface area contributed by atoms with Crippen molar-refractivity contribution >= 4 is 29.4 Å². The van der Waals surface area contributed by atoms with Crippen LogP contribution in [0.2, 0.25) is 0 Å². The molecular weight excluding hydrogens is 1040 g/mol. The van der Waals surface area contributed by atoms with Crippen molar-refractivity contribution in [3.63, 3.8) is 0 Å². The van der Waals surface area contributed by atoms with Gasteiger partial charge in [-0.2, -0.15) is 0 Å². The molecule has 0 aliphatic carbocycles. The average molecular weight is 1200 g/mol. The summed E-state index contributed by atoms with van der Waals surface area (Å²) in [6.07, 6.45) is 98.5. The maximum atomic E-state index is 8.00. The van der Waals surface area contributed by atoms with Crippen LogP contribution in [0.1, 0.15) is 427 Å². The summed E-state index contributed by atoms with van der Waals surface area (Å²) in [5.41, 5.74) is 0. The first-order valence-electron chi connectivity index (χ1n) is 36.7.